The van der Waals surface area contributed by atoms with Crippen LogP contribution in [-0.4, -0.2) is 61.5 Å². The molecule has 0 saturated carbocycles. The van der Waals surface area contributed by atoms with Crippen LogP contribution in [0, 0.1) is 5.92 Å². The average Bonchev–Trinajstić information content (AvgIpc) is 3.23. The Balaban J connectivity index is 1.63. The summed E-state index contributed by atoms with van der Waals surface area (Å²) < 4.78 is 10.3. The molecule has 1 aliphatic rings. The summed E-state index contributed by atoms with van der Waals surface area (Å²) in [5.74, 6) is -0.593. The molecule has 0 radical (unpaired) electrons. The Hall–Kier alpha value is -2.22. The maximum absolute atomic E-state index is 12.0. The molecule has 1 aromatic carbocycles. The van der Waals surface area contributed by atoms with Gasteiger partial charge in [-0.25, -0.2) is 4.79 Å². The summed E-state index contributed by atoms with van der Waals surface area (Å²) in [5, 5.41) is 16.1. The number of ether oxygens (including phenoxy) is 2. The summed E-state index contributed by atoms with van der Waals surface area (Å²) in [6, 6.07) is 9.42. The Morgan fingerprint density at radius 1 is 1.36 bits per heavy atom. The van der Waals surface area contributed by atoms with Gasteiger partial charge in [-0.3, -0.25) is 4.79 Å². The Kier molecular flexibility index (Phi) is 8.63. The first-order valence-electron chi connectivity index (χ1n) is 9.54. The third-order valence-corrected chi connectivity index (χ3v) is 4.45. The van der Waals surface area contributed by atoms with E-state index in [9.17, 15) is 14.7 Å². The van der Waals surface area contributed by atoms with Gasteiger partial charge in [-0.05, 0) is 31.9 Å². The van der Waals surface area contributed by atoms with Crippen LogP contribution in [0.2, 0.25) is 0 Å². The fraction of sp³-hybridized carbons (Fsp3) is 0.524. The first-order valence-corrected chi connectivity index (χ1v) is 9.54. The molecule has 0 bridgehead atoms. The van der Waals surface area contributed by atoms with E-state index in [-0.39, 0.29) is 25.0 Å². The van der Waals surface area contributed by atoms with Crippen molar-refractivity contribution >= 4 is 18.0 Å². The van der Waals surface area contributed by atoms with Crippen molar-refractivity contribution in [3.8, 4) is 0 Å². The highest BCUT2D eigenvalue weighted by molar-refractivity contribution is 5.87. The highest BCUT2D eigenvalue weighted by atomic mass is 16.5. The van der Waals surface area contributed by atoms with Crippen molar-refractivity contribution in [1.82, 2.24) is 10.6 Å². The molecular weight excluding hydrogens is 360 g/mol. The van der Waals surface area contributed by atoms with Crippen molar-refractivity contribution in [3.63, 3.8) is 0 Å². The number of carbonyl (C=O) groups is 2. The monoisotopic (exact) mass is 390 g/mol. The third kappa shape index (κ3) is 8.21. The zero-order valence-corrected chi connectivity index (χ0v) is 16.5. The first kappa shape index (κ1) is 22.1. The number of hydrogen-bond donors (Lipinski definition) is 3. The molecule has 1 aromatic rings. The maximum atomic E-state index is 12.0. The zero-order chi connectivity index (χ0) is 20.4. The van der Waals surface area contributed by atoms with E-state index in [1.807, 2.05) is 44.2 Å². The molecule has 7 heteroatoms. The molecular formula is C21H30N2O5. The van der Waals surface area contributed by atoms with E-state index in [1.54, 1.807) is 6.08 Å². The number of hydrogen-bond acceptors (Lipinski definition) is 6. The van der Waals surface area contributed by atoms with Gasteiger partial charge >= 0.3 is 5.97 Å². The van der Waals surface area contributed by atoms with Crippen molar-refractivity contribution in [1.29, 1.82) is 0 Å². The second kappa shape index (κ2) is 10.9. The molecule has 154 valence electrons. The van der Waals surface area contributed by atoms with Gasteiger partial charge in [0.05, 0.1) is 12.5 Å². The molecule has 1 amide bonds. The number of rotatable bonds is 10. The van der Waals surface area contributed by atoms with Crippen LogP contribution in [0.3, 0.4) is 0 Å². The van der Waals surface area contributed by atoms with Crippen molar-refractivity contribution in [3.05, 3.63) is 42.0 Å². The quantitative estimate of drug-likeness (QED) is 0.409. The van der Waals surface area contributed by atoms with Crippen LogP contribution in [0.1, 0.15) is 25.8 Å². The Morgan fingerprint density at radius 2 is 2.11 bits per heavy atom. The summed E-state index contributed by atoms with van der Waals surface area (Å²) in [7, 11) is 0. The molecule has 7 nitrogen and oxygen atoms in total. The number of β-amino-alcohol motifs (C(OH)–C–C–N with tert-alkyl or cyclic N) is 1. The lowest BCUT2D eigenvalue weighted by molar-refractivity contribution is -0.140. The normalized spacial score (nSPS) is 18.2. The predicted molar refractivity (Wildman–Crippen MR) is 106 cm³/mol. The minimum atomic E-state index is -0.840. The number of aliphatic hydroxyl groups is 1. The van der Waals surface area contributed by atoms with E-state index in [0.717, 1.165) is 12.0 Å². The Bertz CT molecular complexity index is 654. The second-order valence-electron chi connectivity index (χ2n) is 7.57. The molecule has 2 rings (SSSR count). The third-order valence-electron chi connectivity index (χ3n) is 4.45. The summed E-state index contributed by atoms with van der Waals surface area (Å²) >= 11 is 0. The van der Waals surface area contributed by atoms with Gasteiger partial charge in [0.25, 0.3) is 0 Å². The number of carbonyl (C=O) groups excluding carboxylic acids is 2. The van der Waals surface area contributed by atoms with Crippen molar-refractivity contribution in [2.75, 3.05) is 32.9 Å². The van der Waals surface area contributed by atoms with E-state index in [2.05, 4.69) is 10.6 Å². The topological polar surface area (TPSA) is 96.9 Å². The van der Waals surface area contributed by atoms with Crippen LogP contribution < -0.4 is 10.6 Å². The van der Waals surface area contributed by atoms with Crippen LogP contribution in [0.4, 0.5) is 0 Å². The minimum absolute atomic E-state index is 0.00735. The van der Waals surface area contributed by atoms with Crippen molar-refractivity contribution < 1.29 is 24.2 Å². The van der Waals surface area contributed by atoms with E-state index in [1.165, 1.54) is 6.08 Å². The molecule has 1 heterocycles. The summed E-state index contributed by atoms with van der Waals surface area (Å²) in [6.45, 7) is 5.53. The van der Waals surface area contributed by atoms with Gasteiger partial charge in [0, 0.05) is 31.3 Å². The Labute approximate surface area is 166 Å². The molecule has 1 aliphatic heterocycles. The Morgan fingerprint density at radius 3 is 2.79 bits per heavy atom. The largest absolute Gasteiger partial charge is 0.460 e. The molecule has 0 aliphatic carbocycles. The molecule has 2 unspecified atom stereocenters. The van der Waals surface area contributed by atoms with Gasteiger partial charge < -0.3 is 25.2 Å². The minimum Gasteiger partial charge on any atom is -0.460 e. The van der Waals surface area contributed by atoms with Crippen LogP contribution in [-0.2, 0) is 19.1 Å². The molecule has 2 atom stereocenters. The van der Waals surface area contributed by atoms with Gasteiger partial charge in [-0.15, -0.1) is 0 Å². The fourth-order valence-corrected chi connectivity index (χ4v) is 2.66. The van der Waals surface area contributed by atoms with Crippen LogP contribution >= 0.6 is 0 Å². The molecule has 3 N–H and O–H groups in total. The van der Waals surface area contributed by atoms with E-state index >= 15 is 0 Å². The lowest BCUT2D eigenvalue weighted by Crippen LogP contribution is -2.52. The van der Waals surface area contributed by atoms with Gasteiger partial charge in [0.2, 0.25) is 5.91 Å². The van der Waals surface area contributed by atoms with Gasteiger partial charge in [0.15, 0.2) is 0 Å². The maximum Gasteiger partial charge on any atom is 0.330 e. The number of benzene rings is 1. The molecule has 1 saturated heterocycles. The smallest absolute Gasteiger partial charge is 0.330 e. The summed E-state index contributed by atoms with van der Waals surface area (Å²) in [6.07, 6.45) is 2.91. The van der Waals surface area contributed by atoms with Crippen molar-refractivity contribution in [2.45, 2.75) is 31.9 Å². The number of amides is 1. The molecule has 0 spiro atoms. The fourth-order valence-electron chi connectivity index (χ4n) is 2.66. The van der Waals surface area contributed by atoms with E-state index in [4.69, 9.17) is 9.47 Å². The number of nitrogens with one attached hydrogen (secondary N) is 2. The average molecular weight is 390 g/mol. The SMILES string of the molecule is CC(C)(CNC(=O)C1CCOC1)NCC(O)COC(=O)/C=C/c1ccccc1. The predicted octanol–water partition coefficient (Wildman–Crippen LogP) is 1.12. The lowest BCUT2D eigenvalue weighted by Gasteiger charge is -2.28. The highest BCUT2D eigenvalue weighted by Crippen LogP contribution is 2.12. The number of aliphatic hydroxyl groups excluding tert-OH is 1. The summed E-state index contributed by atoms with van der Waals surface area (Å²) in [4.78, 5) is 23.8. The second-order valence-corrected chi connectivity index (χ2v) is 7.57. The first-order chi connectivity index (χ1) is 13.4. The standard InChI is InChI=1S/C21H30N2O5/c1-21(2,15-22-20(26)17-10-11-27-13-17)23-12-18(24)14-28-19(25)9-8-16-6-4-3-5-7-16/h3-9,17-18,23-24H,10-15H2,1-2H3,(H,22,26)/b9-8+. The molecule has 0 aromatic heterocycles. The van der Waals surface area contributed by atoms with Gasteiger partial charge in [-0.2, -0.15) is 0 Å². The van der Waals surface area contributed by atoms with Gasteiger partial charge in [0.1, 0.15) is 12.7 Å². The van der Waals surface area contributed by atoms with E-state index in [0.29, 0.717) is 19.8 Å². The number of esters is 1. The van der Waals surface area contributed by atoms with Crippen LogP contribution in [0.25, 0.3) is 6.08 Å². The summed E-state index contributed by atoms with van der Waals surface area (Å²) in [5.41, 5.74) is 0.488. The highest BCUT2D eigenvalue weighted by Gasteiger charge is 2.26. The van der Waals surface area contributed by atoms with E-state index < -0.39 is 17.6 Å². The zero-order valence-electron chi connectivity index (χ0n) is 16.5. The molecule has 1 fully saturated rings. The van der Waals surface area contributed by atoms with Crippen LogP contribution in [0.15, 0.2) is 36.4 Å². The van der Waals surface area contributed by atoms with Crippen LogP contribution in [0.5, 0.6) is 0 Å². The van der Waals surface area contributed by atoms with Crippen molar-refractivity contribution in [2.24, 2.45) is 5.92 Å². The van der Waals surface area contributed by atoms with Gasteiger partial charge in [-0.1, -0.05) is 30.3 Å². The lowest BCUT2D eigenvalue weighted by atomic mass is 10.0. The molecule has 28 heavy (non-hydrogen) atoms.